The largest absolute Gasteiger partial charge is 0.366 e. The minimum absolute atomic E-state index is 0.0765. The number of hydrogen-bond acceptors (Lipinski definition) is 3. The number of piperazine rings is 1. The number of carbonyl (C=O) groups excluding carboxylic acids is 1. The molecule has 1 aliphatic rings. The molecular weight excluding hydrogens is 288 g/mol. The van der Waals surface area contributed by atoms with Crippen molar-refractivity contribution in [2.75, 3.05) is 31.1 Å². The summed E-state index contributed by atoms with van der Waals surface area (Å²) in [7, 11) is 0. The van der Waals surface area contributed by atoms with Gasteiger partial charge in [-0.1, -0.05) is 0 Å². The maximum Gasteiger partial charge on any atom is 0.255 e. The van der Waals surface area contributed by atoms with Gasteiger partial charge in [0, 0.05) is 44.6 Å². The molecule has 6 heteroatoms. The third-order valence-electron chi connectivity index (χ3n) is 3.73. The van der Waals surface area contributed by atoms with Crippen molar-refractivity contribution in [2.45, 2.75) is 0 Å². The zero-order chi connectivity index (χ0) is 15.5. The number of rotatable bonds is 2. The topological polar surface area (TPSA) is 36.4 Å². The van der Waals surface area contributed by atoms with Crippen LogP contribution in [-0.2, 0) is 0 Å². The minimum Gasteiger partial charge on any atom is -0.366 e. The molecule has 1 fully saturated rings. The maximum atomic E-state index is 13.8. The summed E-state index contributed by atoms with van der Waals surface area (Å²) in [6, 6.07) is 7.00. The van der Waals surface area contributed by atoms with E-state index in [0.29, 0.717) is 37.4 Å². The van der Waals surface area contributed by atoms with Gasteiger partial charge in [-0.2, -0.15) is 0 Å². The number of anilines is 1. The second kappa shape index (κ2) is 6.09. The standard InChI is InChI=1S/C16H15F2N3O/c17-13-3-4-15(14(18)10-13)20-6-8-21(9-7-20)16(22)12-2-1-5-19-11-12/h1-5,10-11H,6-9H2. The van der Waals surface area contributed by atoms with Crippen LogP contribution in [0.25, 0.3) is 0 Å². The molecule has 1 aliphatic heterocycles. The molecule has 0 unspecified atom stereocenters. The van der Waals surface area contributed by atoms with Gasteiger partial charge < -0.3 is 9.80 Å². The van der Waals surface area contributed by atoms with Gasteiger partial charge >= 0.3 is 0 Å². The molecule has 0 bridgehead atoms. The smallest absolute Gasteiger partial charge is 0.255 e. The van der Waals surface area contributed by atoms with Gasteiger partial charge in [-0.25, -0.2) is 8.78 Å². The lowest BCUT2D eigenvalue weighted by molar-refractivity contribution is 0.0746. The highest BCUT2D eigenvalue weighted by molar-refractivity contribution is 5.94. The second-order valence-electron chi connectivity index (χ2n) is 5.12. The van der Waals surface area contributed by atoms with E-state index < -0.39 is 11.6 Å². The fraction of sp³-hybridized carbons (Fsp3) is 0.250. The number of nitrogens with zero attached hydrogens (tertiary/aromatic N) is 3. The Bertz CT molecular complexity index is 670. The first-order chi connectivity index (χ1) is 10.6. The normalized spacial score (nSPS) is 15.0. The van der Waals surface area contributed by atoms with Crippen LogP contribution < -0.4 is 4.90 Å². The van der Waals surface area contributed by atoms with Gasteiger partial charge in [0.05, 0.1) is 11.3 Å². The molecule has 2 aromatic rings. The van der Waals surface area contributed by atoms with Crippen LogP contribution in [0.1, 0.15) is 10.4 Å². The van der Waals surface area contributed by atoms with Crippen molar-refractivity contribution in [3.63, 3.8) is 0 Å². The lowest BCUT2D eigenvalue weighted by Gasteiger charge is -2.36. The van der Waals surface area contributed by atoms with E-state index in [0.717, 1.165) is 6.07 Å². The van der Waals surface area contributed by atoms with Crippen LogP contribution >= 0.6 is 0 Å². The highest BCUT2D eigenvalue weighted by Gasteiger charge is 2.23. The second-order valence-corrected chi connectivity index (χ2v) is 5.12. The lowest BCUT2D eigenvalue weighted by atomic mass is 10.2. The predicted octanol–water partition coefficient (Wildman–Crippen LogP) is 2.32. The lowest BCUT2D eigenvalue weighted by Crippen LogP contribution is -2.49. The van der Waals surface area contributed by atoms with E-state index >= 15 is 0 Å². The van der Waals surface area contributed by atoms with Crippen LogP contribution in [0.3, 0.4) is 0 Å². The highest BCUT2D eigenvalue weighted by atomic mass is 19.1. The van der Waals surface area contributed by atoms with E-state index in [1.54, 1.807) is 23.2 Å². The fourth-order valence-corrected chi connectivity index (χ4v) is 2.56. The van der Waals surface area contributed by atoms with Crippen LogP contribution in [0.15, 0.2) is 42.7 Å². The van der Waals surface area contributed by atoms with E-state index in [2.05, 4.69) is 4.98 Å². The van der Waals surface area contributed by atoms with E-state index in [9.17, 15) is 13.6 Å². The maximum absolute atomic E-state index is 13.8. The van der Waals surface area contributed by atoms with Crippen molar-refractivity contribution in [2.24, 2.45) is 0 Å². The molecule has 0 spiro atoms. The number of hydrogen-bond donors (Lipinski definition) is 0. The molecule has 1 aromatic carbocycles. The fourth-order valence-electron chi connectivity index (χ4n) is 2.56. The van der Waals surface area contributed by atoms with E-state index in [-0.39, 0.29) is 5.91 Å². The number of benzene rings is 1. The summed E-state index contributed by atoms with van der Waals surface area (Å²) < 4.78 is 26.7. The SMILES string of the molecule is O=C(c1cccnc1)N1CCN(c2ccc(F)cc2F)CC1. The molecule has 3 rings (SSSR count). The molecule has 4 nitrogen and oxygen atoms in total. The van der Waals surface area contributed by atoms with E-state index in [4.69, 9.17) is 0 Å². The molecule has 0 N–H and O–H groups in total. The van der Waals surface area contributed by atoms with Crippen LogP contribution in [-0.4, -0.2) is 42.0 Å². The van der Waals surface area contributed by atoms with Crippen LogP contribution in [0.5, 0.6) is 0 Å². The third kappa shape index (κ3) is 2.90. The summed E-state index contributed by atoms with van der Waals surface area (Å²) in [5, 5.41) is 0. The Balaban J connectivity index is 1.66. The number of halogens is 2. The quantitative estimate of drug-likeness (QED) is 0.854. The van der Waals surface area contributed by atoms with Crippen molar-refractivity contribution in [1.29, 1.82) is 0 Å². The van der Waals surface area contributed by atoms with Gasteiger partial charge in [-0.3, -0.25) is 9.78 Å². The number of aromatic nitrogens is 1. The molecular formula is C16H15F2N3O. The Morgan fingerprint density at radius 2 is 1.86 bits per heavy atom. The molecule has 114 valence electrons. The Morgan fingerprint density at radius 3 is 2.50 bits per heavy atom. The third-order valence-corrected chi connectivity index (χ3v) is 3.73. The first-order valence-electron chi connectivity index (χ1n) is 7.04. The van der Waals surface area contributed by atoms with Gasteiger partial charge in [0.1, 0.15) is 11.6 Å². The van der Waals surface area contributed by atoms with Crippen molar-refractivity contribution in [3.8, 4) is 0 Å². The average Bonchev–Trinajstić information content (AvgIpc) is 2.55. The molecule has 0 radical (unpaired) electrons. The molecule has 1 saturated heterocycles. The highest BCUT2D eigenvalue weighted by Crippen LogP contribution is 2.22. The van der Waals surface area contributed by atoms with Gasteiger partial charge in [-0.05, 0) is 24.3 Å². The summed E-state index contributed by atoms with van der Waals surface area (Å²) in [6.07, 6.45) is 3.15. The van der Waals surface area contributed by atoms with Crippen molar-refractivity contribution in [3.05, 3.63) is 59.9 Å². The summed E-state index contributed by atoms with van der Waals surface area (Å²) in [5.41, 5.74) is 0.916. The molecule has 1 amide bonds. The molecule has 22 heavy (non-hydrogen) atoms. The molecule has 0 saturated carbocycles. The van der Waals surface area contributed by atoms with Crippen LogP contribution in [0.2, 0.25) is 0 Å². The van der Waals surface area contributed by atoms with Crippen molar-refractivity contribution >= 4 is 11.6 Å². The minimum atomic E-state index is -0.591. The first-order valence-corrected chi connectivity index (χ1v) is 7.04. The molecule has 2 heterocycles. The van der Waals surface area contributed by atoms with E-state index in [1.165, 1.54) is 18.3 Å². The van der Waals surface area contributed by atoms with Crippen molar-refractivity contribution < 1.29 is 13.6 Å². The zero-order valence-electron chi connectivity index (χ0n) is 11.9. The molecule has 0 atom stereocenters. The van der Waals surface area contributed by atoms with Crippen LogP contribution in [0, 0.1) is 11.6 Å². The average molecular weight is 303 g/mol. The monoisotopic (exact) mass is 303 g/mol. The molecule has 1 aromatic heterocycles. The summed E-state index contributed by atoms with van der Waals surface area (Å²) in [6.45, 7) is 2.00. The van der Waals surface area contributed by atoms with Gasteiger partial charge in [0.2, 0.25) is 0 Å². The predicted molar refractivity (Wildman–Crippen MR) is 78.7 cm³/mol. The number of amides is 1. The zero-order valence-corrected chi connectivity index (χ0v) is 11.9. The van der Waals surface area contributed by atoms with Gasteiger partial charge in [0.25, 0.3) is 5.91 Å². The summed E-state index contributed by atoms with van der Waals surface area (Å²) in [4.78, 5) is 19.8. The van der Waals surface area contributed by atoms with Gasteiger partial charge in [0.15, 0.2) is 0 Å². The number of carbonyl (C=O) groups is 1. The summed E-state index contributed by atoms with van der Waals surface area (Å²) in [5.74, 6) is -1.24. The Morgan fingerprint density at radius 1 is 1.09 bits per heavy atom. The van der Waals surface area contributed by atoms with Crippen molar-refractivity contribution in [1.82, 2.24) is 9.88 Å². The number of pyridine rings is 1. The Hall–Kier alpha value is -2.50. The molecule has 0 aliphatic carbocycles. The Labute approximate surface area is 127 Å². The summed E-state index contributed by atoms with van der Waals surface area (Å²) >= 11 is 0. The van der Waals surface area contributed by atoms with Crippen LogP contribution in [0.4, 0.5) is 14.5 Å². The Kier molecular flexibility index (Phi) is 4.00. The first kappa shape index (κ1) is 14.4. The van der Waals surface area contributed by atoms with E-state index in [1.807, 2.05) is 4.90 Å². The van der Waals surface area contributed by atoms with Gasteiger partial charge in [-0.15, -0.1) is 0 Å².